The Hall–Kier alpha value is -1.43. The fourth-order valence-electron chi connectivity index (χ4n) is 2.50. The average molecular weight is 265 g/mol. The van der Waals surface area contributed by atoms with Gasteiger partial charge in [0.2, 0.25) is 5.91 Å². The second-order valence-electron chi connectivity index (χ2n) is 5.50. The molecule has 1 saturated heterocycles. The van der Waals surface area contributed by atoms with Crippen LogP contribution in [0.15, 0.2) is 6.33 Å². The van der Waals surface area contributed by atoms with Crippen LogP contribution in [0.1, 0.15) is 45.5 Å². The van der Waals surface area contributed by atoms with Gasteiger partial charge in [0.05, 0.1) is 6.04 Å². The summed E-state index contributed by atoms with van der Waals surface area (Å²) in [5.74, 6) is 0.959. The summed E-state index contributed by atoms with van der Waals surface area (Å²) in [6.07, 6.45) is 3.33. The zero-order valence-electron chi connectivity index (χ0n) is 11.9. The van der Waals surface area contributed by atoms with E-state index in [0.29, 0.717) is 11.9 Å². The van der Waals surface area contributed by atoms with E-state index in [0.717, 1.165) is 25.9 Å². The standard InChI is InChI=1S/C13H23N5O/c1-9(2)18-6-4-11(5-7-18)13(19)16-10(3)12-14-8-15-17-12/h8-11H,4-7H2,1-3H3,(H,16,19)(H,14,15,17). The van der Waals surface area contributed by atoms with Crippen LogP contribution in [0.2, 0.25) is 0 Å². The second-order valence-corrected chi connectivity index (χ2v) is 5.50. The summed E-state index contributed by atoms with van der Waals surface area (Å²) in [6.45, 7) is 8.33. The molecule has 19 heavy (non-hydrogen) atoms. The highest BCUT2D eigenvalue weighted by atomic mass is 16.2. The molecule has 0 aromatic carbocycles. The highest BCUT2D eigenvalue weighted by Crippen LogP contribution is 2.20. The molecular formula is C13H23N5O. The van der Waals surface area contributed by atoms with Gasteiger partial charge in [-0.25, -0.2) is 4.98 Å². The number of nitrogens with zero attached hydrogens (tertiary/aromatic N) is 3. The number of likely N-dealkylation sites (tertiary alicyclic amines) is 1. The SMILES string of the molecule is CC(NC(=O)C1CCN(C(C)C)CC1)c1ncn[nH]1. The summed E-state index contributed by atoms with van der Waals surface area (Å²) >= 11 is 0. The number of piperidine rings is 1. The van der Waals surface area contributed by atoms with Crippen LogP contribution >= 0.6 is 0 Å². The summed E-state index contributed by atoms with van der Waals surface area (Å²) in [6, 6.07) is 0.454. The Balaban J connectivity index is 1.81. The van der Waals surface area contributed by atoms with Gasteiger partial charge in [-0.3, -0.25) is 9.89 Å². The van der Waals surface area contributed by atoms with Crippen LogP contribution in [0.3, 0.4) is 0 Å². The van der Waals surface area contributed by atoms with Crippen LogP contribution in [0, 0.1) is 5.92 Å². The Bertz CT molecular complexity index is 395. The van der Waals surface area contributed by atoms with Crippen molar-refractivity contribution >= 4 is 5.91 Å². The topological polar surface area (TPSA) is 73.9 Å². The van der Waals surface area contributed by atoms with E-state index in [1.807, 2.05) is 6.92 Å². The maximum absolute atomic E-state index is 12.2. The smallest absolute Gasteiger partial charge is 0.223 e. The van der Waals surface area contributed by atoms with E-state index in [1.165, 1.54) is 6.33 Å². The van der Waals surface area contributed by atoms with Gasteiger partial charge in [-0.05, 0) is 46.7 Å². The van der Waals surface area contributed by atoms with Crippen LogP contribution in [0.25, 0.3) is 0 Å². The molecule has 0 radical (unpaired) electrons. The van der Waals surface area contributed by atoms with Crippen molar-refractivity contribution in [1.82, 2.24) is 25.4 Å². The first-order chi connectivity index (χ1) is 9.08. The van der Waals surface area contributed by atoms with E-state index in [9.17, 15) is 4.79 Å². The van der Waals surface area contributed by atoms with E-state index < -0.39 is 0 Å². The maximum Gasteiger partial charge on any atom is 0.223 e. The van der Waals surface area contributed by atoms with Gasteiger partial charge < -0.3 is 10.2 Å². The summed E-state index contributed by atoms with van der Waals surface area (Å²) in [5.41, 5.74) is 0. The van der Waals surface area contributed by atoms with Gasteiger partial charge in [-0.15, -0.1) is 0 Å². The predicted molar refractivity (Wildman–Crippen MR) is 72.4 cm³/mol. The molecule has 1 aromatic heterocycles. The van der Waals surface area contributed by atoms with Crippen molar-refractivity contribution < 1.29 is 4.79 Å². The lowest BCUT2D eigenvalue weighted by atomic mass is 9.95. The molecule has 0 spiro atoms. The van der Waals surface area contributed by atoms with E-state index >= 15 is 0 Å². The number of rotatable bonds is 4. The third-order valence-electron chi connectivity index (χ3n) is 3.83. The van der Waals surface area contributed by atoms with Crippen molar-refractivity contribution in [2.45, 2.75) is 45.7 Å². The number of hydrogen-bond donors (Lipinski definition) is 2. The highest BCUT2D eigenvalue weighted by molar-refractivity contribution is 5.79. The Morgan fingerprint density at radius 2 is 2.11 bits per heavy atom. The molecule has 1 unspecified atom stereocenters. The van der Waals surface area contributed by atoms with Gasteiger partial charge in [0.25, 0.3) is 0 Å². The number of H-pyrrole nitrogens is 1. The molecule has 1 aliphatic heterocycles. The van der Waals surface area contributed by atoms with Crippen molar-refractivity contribution in [3.63, 3.8) is 0 Å². The zero-order valence-corrected chi connectivity index (χ0v) is 11.9. The average Bonchev–Trinajstić information content (AvgIpc) is 2.92. The van der Waals surface area contributed by atoms with Crippen LogP contribution in [-0.4, -0.2) is 45.1 Å². The summed E-state index contributed by atoms with van der Waals surface area (Å²) in [7, 11) is 0. The minimum atomic E-state index is -0.113. The lowest BCUT2D eigenvalue weighted by Crippen LogP contribution is -2.43. The van der Waals surface area contributed by atoms with Gasteiger partial charge in [-0.1, -0.05) is 0 Å². The fourth-order valence-corrected chi connectivity index (χ4v) is 2.50. The fraction of sp³-hybridized carbons (Fsp3) is 0.769. The highest BCUT2D eigenvalue weighted by Gasteiger charge is 2.27. The lowest BCUT2D eigenvalue weighted by molar-refractivity contribution is -0.127. The molecule has 1 atom stereocenters. The van der Waals surface area contributed by atoms with Crippen LogP contribution in [0.5, 0.6) is 0 Å². The van der Waals surface area contributed by atoms with Gasteiger partial charge in [-0.2, -0.15) is 5.10 Å². The monoisotopic (exact) mass is 265 g/mol. The quantitative estimate of drug-likeness (QED) is 0.855. The molecule has 6 nitrogen and oxygen atoms in total. The van der Waals surface area contributed by atoms with Crippen molar-refractivity contribution in [3.05, 3.63) is 12.2 Å². The van der Waals surface area contributed by atoms with Crippen LogP contribution in [-0.2, 0) is 4.79 Å². The Labute approximate surface area is 114 Å². The molecule has 1 aromatic rings. The zero-order chi connectivity index (χ0) is 13.8. The third-order valence-corrected chi connectivity index (χ3v) is 3.83. The van der Waals surface area contributed by atoms with Gasteiger partial charge >= 0.3 is 0 Å². The lowest BCUT2D eigenvalue weighted by Gasteiger charge is -2.34. The number of aromatic amines is 1. The molecule has 106 valence electrons. The minimum absolute atomic E-state index is 0.113. The van der Waals surface area contributed by atoms with E-state index in [2.05, 4.69) is 39.2 Å². The Morgan fingerprint density at radius 3 is 2.63 bits per heavy atom. The molecule has 0 saturated carbocycles. The maximum atomic E-state index is 12.2. The van der Waals surface area contributed by atoms with Crippen molar-refractivity contribution in [3.8, 4) is 0 Å². The van der Waals surface area contributed by atoms with Crippen molar-refractivity contribution in [2.75, 3.05) is 13.1 Å². The van der Waals surface area contributed by atoms with Crippen LogP contribution < -0.4 is 5.32 Å². The molecule has 2 N–H and O–H groups in total. The summed E-state index contributed by atoms with van der Waals surface area (Å²) in [4.78, 5) is 18.7. The Kier molecular flexibility index (Phi) is 4.52. The molecule has 1 fully saturated rings. The largest absolute Gasteiger partial charge is 0.346 e. The first kappa shape index (κ1) is 14.0. The first-order valence-corrected chi connectivity index (χ1v) is 6.97. The van der Waals surface area contributed by atoms with Gasteiger partial charge in [0.15, 0.2) is 0 Å². The number of hydrogen-bond acceptors (Lipinski definition) is 4. The number of carbonyl (C=O) groups excluding carboxylic acids is 1. The molecule has 6 heteroatoms. The molecule has 2 heterocycles. The van der Waals surface area contributed by atoms with Gasteiger partial charge in [0, 0.05) is 12.0 Å². The summed E-state index contributed by atoms with van der Waals surface area (Å²) in [5, 5.41) is 9.59. The van der Waals surface area contributed by atoms with Crippen molar-refractivity contribution in [2.24, 2.45) is 5.92 Å². The van der Waals surface area contributed by atoms with Crippen LogP contribution in [0.4, 0.5) is 0 Å². The number of aromatic nitrogens is 3. The molecule has 2 rings (SSSR count). The van der Waals surface area contributed by atoms with E-state index in [1.54, 1.807) is 0 Å². The molecule has 0 aliphatic carbocycles. The molecule has 0 bridgehead atoms. The number of amides is 1. The Morgan fingerprint density at radius 1 is 1.42 bits per heavy atom. The van der Waals surface area contributed by atoms with E-state index in [-0.39, 0.29) is 17.9 Å². The van der Waals surface area contributed by atoms with E-state index in [4.69, 9.17) is 0 Å². The first-order valence-electron chi connectivity index (χ1n) is 6.97. The third kappa shape index (κ3) is 3.53. The minimum Gasteiger partial charge on any atom is -0.346 e. The summed E-state index contributed by atoms with van der Waals surface area (Å²) < 4.78 is 0. The predicted octanol–water partition coefficient (Wildman–Crippen LogP) is 1.10. The number of carbonyl (C=O) groups is 1. The molecule has 1 aliphatic rings. The van der Waals surface area contributed by atoms with Gasteiger partial charge in [0.1, 0.15) is 12.2 Å². The second kappa shape index (κ2) is 6.14. The molecule has 1 amide bonds. The van der Waals surface area contributed by atoms with Crippen molar-refractivity contribution in [1.29, 1.82) is 0 Å². The molecular weight excluding hydrogens is 242 g/mol. The number of nitrogens with one attached hydrogen (secondary N) is 2. The normalized spacial score (nSPS) is 19.6.